The van der Waals surface area contributed by atoms with Gasteiger partial charge in [0.1, 0.15) is 0 Å². The number of amides is 1. The van der Waals surface area contributed by atoms with Gasteiger partial charge in [0.25, 0.3) is 5.91 Å². The second-order valence-electron chi connectivity index (χ2n) is 3.81. The van der Waals surface area contributed by atoms with Crippen LogP contribution in [-0.4, -0.2) is 30.2 Å². The van der Waals surface area contributed by atoms with Crippen molar-refractivity contribution in [2.24, 2.45) is 5.84 Å². The van der Waals surface area contributed by atoms with Gasteiger partial charge in [-0.1, -0.05) is 0 Å². The molecule has 1 saturated heterocycles. The largest absolute Gasteiger partial charge is 0.379 e. The highest BCUT2D eigenvalue weighted by atomic mass is 16.5. The summed E-state index contributed by atoms with van der Waals surface area (Å²) in [6.45, 7) is 1.83. The maximum absolute atomic E-state index is 11.2. The number of pyridine rings is 1. The van der Waals surface area contributed by atoms with Crippen LogP contribution in [-0.2, 0) is 16.1 Å². The molecule has 1 amide bonds. The summed E-state index contributed by atoms with van der Waals surface area (Å²) in [4.78, 5) is 15.3. The summed E-state index contributed by atoms with van der Waals surface area (Å²) in [7, 11) is 0. The number of aromatic nitrogens is 1. The highest BCUT2D eigenvalue weighted by Gasteiger charge is 2.16. The Labute approximate surface area is 99.1 Å². The Morgan fingerprint density at radius 3 is 3.12 bits per heavy atom. The highest BCUT2D eigenvalue weighted by molar-refractivity contribution is 5.93. The molecule has 2 heterocycles. The van der Waals surface area contributed by atoms with Crippen LogP contribution >= 0.6 is 0 Å². The van der Waals surface area contributed by atoms with Crippen LogP contribution < -0.4 is 11.3 Å². The molecule has 1 aliphatic heterocycles. The molecule has 0 aromatic carbocycles. The molecule has 1 aromatic rings. The molecular formula is C11H15N3O3. The molecule has 1 aliphatic rings. The van der Waals surface area contributed by atoms with E-state index in [9.17, 15) is 4.79 Å². The average Bonchev–Trinajstić information content (AvgIpc) is 2.89. The van der Waals surface area contributed by atoms with Crippen LogP contribution in [0.4, 0.5) is 0 Å². The van der Waals surface area contributed by atoms with Crippen molar-refractivity contribution in [1.29, 1.82) is 0 Å². The van der Waals surface area contributed by atoms with E-state index in [1.165, 1.54) is 6.20 Å². The Bertz CT molecular complexity index is 374. The van der Waals surface area contributed by atoms with Crippen LogP contribution in [0, 0.1) is 0 Å². The van der Waals surface area contributed by atoms with Gasteiger partial charge < -0.3 is 9.47 Å². The third-order valence-corrected chi connectivity index (χ3v) is 2.57. The van der Waals surface area contributed by atoms with Gasteiger partial charge in [0.05, 0.1) is 30.6 Å². The van der Waals surface area contributed by atoms with E-state index in [0.717, 1.165) is 18.7 Å². The fourth-order valence-electron chi connectivity index (χ4n) is 1.58. The van der Waals surface area contributed by atoms with Gasteiger partial charge in [-0.15, -0.1) is 0 Å². The molecule has 1 aromatic heterocycles. The van der Waals surface area contributed by atoms with E-state index in [4.69, 9.17) is 15.3 Å². The fourth-order valence-corrected chi connectivity index (χ4v) is 1.58. The molecular weight excluding hydrogens is 222 g/mol. The van der Waals surface area contributed by atoms with E-state index < -0.39 is 0 Å². The van der Waals surface area contributed by atoms with Crippen molar-refractivity contribution < 1.29 is 14.3 Å². The Kier molecular flexibility index (Phi) is 4.03. The van der Waals surface area contributed by atoms with Crippen molar-refractivity contribution >= 4 is 5.91 Å². The second-order valence-corrected chi connectivity index (χ2v) is 3.81. The van der Waals surface area contributed by atoms with Gasteiger partial charge >= 0.3 is 0 Å². The van der Waals surface area contributed by atoms with Gasteiger partial charge in [0, 0.05) is 12.8 Å². The lowest BCUT2D eigenvalue weighted by Gasteiger charge is -2.09. The Morgan fingerprint density at radius 1 is 1.65 bits per heavy atom. The van der Waals surface area contributed by atoms with Crippen molar-refractivity contribution in [2.45, 2.75) is 19.1 Å². The summed E-state index contributed by atoms with van der Waals surface area (Å²) in [5.74, 6) is 4.66. The van der Waals surface area contributed by atoms with E-state index in [1.807, 2.05) is 0 Å². The first kappa shape index (κ1) is 12.0. The maximum Gasteiger partial charge on any atom is 0.266 e. The summed E-state index contributed by atoms with van der Waals surface area (Å²) < 4.78 is 10.8. The highest BCUT2D eigenvalue weighted by Crippen LogP contribution is 2.10. The topological polar surface area (TPSA) is 86.5 Å². The van der Waals surface area contributed by atoms with Crippen LogP contribution in [0.2, 0.25) is 0 Å². The molecule has 1 unspecified atom stereocenters. The van der Waals surface area contributed by atoms with Crippen molar-refractivity contribution in [3.63, 3.8) is 0 Å². The molecule has 0 saturated carbocycles. The molecule has 6 nitrogen and oxygen atoms in total. The van der Waals surface area contributed by atoms with E-state index in [0.29, 0.717) is 18.8 Å². The minimum absolute atomic E-state index is 0.156. The van der Waals surface area contributed by atoms with Crippen LogP contribution in [0.3, 0.4) is 0 Å². The number of nitrogen functional groups attached to an aromatic ring is 1. The predicted octanol–water partition coefficient (Wildman–Crippen LogP) is -0.00940. The van der Waals surface area contributed by atoms with Crippen molar-refractivity contribution in [3.8, 4) is 0 Å². The number of rotatable bonds is 4. The Morgan fingerprint density at radius 2 is 2.53 bits per heavy atom. The van der Waals surface area contributed by atoms with Gasteiger partial charge in [-0.05, 0) is 18.6 Å². The molecule has 0 aliphatic carbocycles. The molecule has 1 fully saturated rings. The number of nitrogens with one attached hydrogen (secondary N) is 1. The number of hydrogen-bond acceptors (Lipinski definition) is 5. The van der Waals surface area contributed by atoms with E-state index in [1.54, 1.807) is 12.1 Å². The molecule has 17 heavy (non-hydrogen) atoms. The van der Waals surface area contributed by atoms with Crippen molar-refractivity contribution in [1.82, 2.24) is 10.4 Å². The van der Waals surface area contributed by atoms with Gasteiger partial charge in [0.15, 0.2) is 0 Å². The predicted molar refractivity (Wildman–Crippen MR) is 59.9 cm³/mol. The van der Waals surface area contributed by atoms with Gasteiger partial charge in [0.2, 0.25) is 0 Å². The zero-order chi connectivity index (χ0) is 12.1. The zero-order valence-corrected chi connectivity index (χ0v) is 9.39. The summed E-state index contributed by atoms with van der Waals surface area (Å²) in [5.41, 5.74) is 3.26. The number of nitrogens with two attached hydrogens (primary N) is 1. The molecule has 92 valence electrons. The van der Waals surface area contributed by atoms with Gasteiger partial charge in [-0.3, -0.25) is 15.2 Å². The third kappa shape index (κ3) is 3.23. The van der Waals surface area contributed by atoms with E-state index in [2.05, 4.69) is 10.4 Å². The lowest BCUT2D eigenvalue weighted by molar-refractivity contribution is 0.0301. The molecule has 2 rings (SSSR count). The first-order valence-corrected chi connectivity index (χ1v) is 5.45. The summed E-state index contributed by atoms with van der Waals surface area (Å²) in [6.07, 6.45) is 2.56. The summed E-state index contributed by atoms with van der Waals surface area (Å²) in [6, 6.07) is 3.42. The lowest BCUT2D eigenvalue weighted by atomic mass is 10.2. The number of nitrogens with zero attached hydrogens (tertiary/aromatic N) is 1. The number of hydrazine groups is 1. The SMILES string of the molecule is NNC(=O)c1ccc(COC2CCOC2)nc1. The molecule has 0 spiro atoms. The zero-order valence-electron chi connectivity index (χ0n) is 9.39. The van der Waals surface area contributed by atoms with E-state index >= 15 is 0 Å². The quantitative estimate of drug-likeness (QED) is 0.437. The number of carbonyl (C=O) groups is 1. The third-order valence-electron chi connectivity index (χ3n) is 2.57. The van der Waals surface area contributed by atoms with Crippen LogP contribution in [0.5, 0.6) is 0 Å². The maximum atomic E-state index is 11.2. The van der Waals surface area contributed by atoms with Crippen molar-refractivity contribution in [2.75, 3.05) is 13.2 Å². The molecule has 0 radical (unpaired) electrons. The Balaban J connectivity index is 1.87. The number of ether oxygens (including phenoxy) is 2. The monoisotopic (exact) mass is 237 g/mol. The first-order valence-electron chi connectivity index (χ1n) is 5.45. The minimum atomic E-state index is -0.353. The smallest absolute Gasteiger partial charge is 0.266 e. The van der Waals surface area contributed by atoms with Crippen LogP contribution in [0.15, 0.2) is 18.3 Å². The summed E-state index contributed by atoms with van der Waals surface area (Å²) >= 11 is 0. The molecule has 1 atom stereocenters. The lowest BCUT2D eigenvalue weighted by Crippen LogP contribution is -2.30. The second kappa shape index (κ2) is 5.72. The molecule has 0 bridgehead atoms. The fraction of sp³-hybridized carbons (Fsp3) is 0.455. The van der Waals surface area contributed by atoms with E-state index in [-0.39, 0.29) is 12.0 Å². The van der Waals surface area contributed by atoms with Crippen LogP contribution in [0.1, 0.15) is 22.5 Å². The number of hydrogen-bond donors (Lipinski definition) is 2. The van der Waals surface area contributed by atoms with Gasteiger partial charge in [-0.2, -0.15) is 0 Å². The standard InChI is InChI=1S/C11H15N3O3/c12-14-11(15)8-1-2-9(13-5-8)6-17-10-3-4-16-7-10/h1-2,5,10H,3-4,6-7,12H2,(H,14,15). The Hall–Kier alpha value is -1.50. The summed E-state index contributed by atoms with van der Waals surface area (Å²) in [5, 5.41) is 0. The van der Waals surface area contributed by atoms with Crippen molar-refractivity contribution in [3.05, 3.63) is 29.6 Å². The van der Waals surface area contributed by atoms with Gasteiger partial charge in [-0.25, -0.2) is 5.84 Å². The van der Waals surface area contributed by atoms with Crippen LogP contribution in [0.25, 0.3) is 0 Å². The average molecular weight is 237 g/mol. The molecule has 6 heteroatoms. The molecule has 3 N–H and O–H groups in total. The first-order chi connectivity index (χ1) is 8.29. The normalized spacial score (nSPS) is 19.2. The minimum Gasteiger partial charge on any atom is -0.379 e. The number of carbonyl (C=O) groups excluding carboxylic acids is 1.